The van der Waals surface area contributed by atoms with Crippen molar-refractivity contribution in [1.29, 1.82) is 0 Å². The maximum absolute atomic E-state index is 5.52. The Bertz CT molecular complexity index is 304. The lowest BCUT2D eigenvalue weighted by Gasteiger charge is -2.09. The molecule has 0 radical (unpaired) electrons. The number of hydrogen-bond acceptors (Lipinski definition) is 2. The quantitative estimate of drug-likeness (QED) is 0.804. The molecule has 0 bridgehead atoms. The van der Waals surface area contributed by atoms with Crippen LogP contribution in [0.2, 0.25) is 0 Å². The smallest absolute Gasteiger partial charge is 0.112 e. The fourth-order valence-electron chi connectivity index (χ4n) is 1.92. The van der Waals surface area contributed by atoms with Gasteiger partial charge in [-0.15, -0.1) is 0 Å². The van der Waals surface area contributed by atoms with E-state index in [2.05, 4.69) is 24.6 Å². The maximum Gasteiger partial charge on any atom is 0.112 e. The molecule has 1 heterocycles. The normalized spacial score (nSPS) is 16.3. The van der Waals surface area contributed by atoms with Crippen molar-refractivity contribution >= 4 is 0 Å². The van der Waals surface area contributed by atoms with Crippen LogP contribution in [0.25, 0.3) is 0 Å². The molecule has 0 aliphatic heterocycles. The summed E-state index contributed by atoms with van der Waals surface area (Å²) < 4.78 is 2.34. The molecular weight excluding hydrogens is 186 g/mol. The van der Waals surface area contributed by atoms with E-state index < -0.39 is 0 Å². The number of nitrogens with two attached hydrogens (primary N) is 1. The lowest BCUT2D eigenvalue weighted by atomic mass is 10.2. The highest BCUT2D eigenvalue weighted by Gasteiger charge is 2.29. The average Bonchev–Trinajstić information content (AvgIpc) is 2.95. The molecule has 1 fully saturated rings. The van der Waals surface area contributed by atoms with E-state index in [0.717, 1.165) is 25.3 Å². The first-order chi connectivity index (χ1) is 7.22. The molecule has 2 N–H and O–H groups in total. The van der Waals surface area contributed by atoms with Crippen molar-refractivity contribution in [2.75, 3.05) is 6.54 Å². The van der Waals surface area contributed by atoms with Gasteiger partial charge in [0.2, 0.25) is 0 Å². The van der Waals surface area contributed by atoms with Gasteiger partial charge >= 0.3 is 0 Å². The minimum atomic E-state index is 0.528. The third-order valence-electron chi connectivity index (χ3n) is 2.95. The Hall–Kier alpha value is -0.830. The van der Waals surface area contributed by atoms with Gasteiger partial charge in [-0.3, -0.25) is 0 Å². The van der Waals surface area contributed by atoms with Crippen LogP contribution in [-0.4, -0.2) is 16.1 Å². The topological polar surface area (TPSA) is 43.8 Å². The average molecular weight is 207 g/mol. The van der Waals surface area contributed by atoms with Gasteiger partial charge in [-0.1, -0.05) is 0 Å². The van der Waals surface area contributed by atoms with Gasteiger partial charge in [0, 0.05) is 18.2 Å². The van der Waals surface area contributed by atoms with Gasteiger partial charge < -0.3 is 10.3 Å². The second-order valence-corrected chi connectivity index (χ2v) is 4.76. The molecule has 0 aromatic carbocycles. The first kappa shape index (κ1) is 10.7. The van der Waals surface area contributed by atoms with Crippen LogP contribution >= 0.6 is 0 Å². The summed E-state index contributed by atoms with van der Waals surface area (Å²) in [7, 11) is 0. The molecule has 84 valence electrons. The summed E-state index contributed by atoms with van der Waals surface area (Å²) in [5.41, 5.74) is 6.74. The standard InChI is InChI=1S/C12H21N3/c1-9(2)15-8-11(4-3-7-13)14-12(15)10-5-6-10/h8-10H,3-7,13H2,1-2H3. The zero-order chi connectivity index (χ0) is 10.8. The maximum atomic E-state index is 5.52. The van der Waals surface area contributed by atoms with Crippen LogP contribution in [0.5, 0.6) is 0 Å². The van der Waals surface area contributed by atoms with Crippen LogP contribution in [0.1, 0.15) is 56.6 Å². The van der Waals surface area contributed by atoms with Gasteiger partial charge in [-0.2, -0.15) is 0 Å². The number of aromatic nitrogens is 2. The third-order valence-corrected chi connectivity index (χ3v) is 2.95. The van der Waals surface area contributed by atoms with Crippen LogP contribution in [0.3, 0.4) is 0 Å². The molecule has 1 saturated carbocycles. The lowest BCUT2D eigenvalue weighted by Crippen LogP contribution is -2.03. The molecule has 0 unspecified atom stereocenters. The Kier molecular flexibility index (Phi) is 3.10. The van der Waals surface area contributed by atoms with Crippen molar-refractivity contribution in [2.45, 2.75) is 51.5 Å². The zero-order valence-corrected chi connectivity index (χ0v) is 9.74. The molecule has 0 saturated heterocycles. The van der Waals surface area contributed by atoms with Gasteiger partial charge in [0.1, 0.15) is 5.82 Å². The molecular formula is C12H21N3. The van der Waals surface area contributed by atoms with E-state index in [1.807, 2.05) is 0 Å². The van der Waals surface area contributed by atoms with Crippen LogP contribution in [0.15, 0.2) is 6.20 Å². The van der Waals surface area contributed by atoms with Gasteiger partial charge in [0.25, 0.3) is 0 Å². The fourth-order valence-corrected chi connectivity index (χ4v) is 1.92. The predicted octanol–water partition coefficient (Wildman–Crippen LogP) is 2.23. The number of nitrogens with zero attached hydrogens (tertiary/aromatic N) is 2. The van der Waals surface area contributed by atoms with Crippen LogP contribution < -0.4 is 5.73 Å². The van der Waals surface area contributed by atoms with E-state index >= 15 is 0 Å². The van der Waals surface area contributed by atoms with Crippen molar-refractivity contribution < 1.29 is 0 Å². The Labute approximate surface area is 91.7 Å². The molecule has 15 heavy (non-hydrogen) atoms. The molecule has 0 atom stereocenters. The van der Waals surface area contributed by atoms with Gasteiger partial charge in [-0.25, -0.2) is 4.98 Å². The first-order valence-electron chi connectivity index (χ1n) is 6.00. The largest absolute Gasteiger partial charge is 0.332 e. The Balaban J connectivity index is 2.15. The first-order valence-corrected chi connectivity index (χ1v) is 6.00. The molecule has 3 heteroatoms. The molecule has 1 aliphatic rings. The second-order valence-electron chi connectivity index (χ2n) is 4.76. The van der Waals surface area contributed by atoms with E-state index in [1.54, 1.807) is 0 Å². The van der Waals surface area contributed by atoms with E-state index in [1.165, 1.54) is 24.4 Å². The molecule has 1 aromatic rings. The Morgan fingerprint density at radius 2 is 2.27 bits per heavy atom. The summed E-state index contributed by atoms with van der Waals surface area (Å²) in [5.74, 6) is 2.04. The lowest BCUT2D eigenvalue weighted by molar-refractivity contribution is 0.569. The summed E-state index contributed by atoms with van der Waals surface area (Å²) in [6.45, 7) is 5.20. The van der Waals surface area contributed by atoms with Crippen molar-refractivity contribution in [3.8, 4) is 0 Å². The Morgan fingerprint density at radius 1 is 1.53 bits per heavy atom. The summed E-state index contributed by atoms with van der Waals surface area (Å²) in [4.78, 5) is 4.74. The summed E-state index contributed by atoms with van der Waals surface area (Å²) in [5, 5.41) is 0. The highest BCUT2D eigenvalue weighted by atomic mass is 15.1. The number of hydrogen-bond donors (Lipinski definition) is 1. The van der Waals surface area contributed by atoms with E-state index in [0.29, 0.717) is 6.04 Å². The number of rotatable bonds is 5. The minimum Gasteiger partial charge on any atom is -0.332 e. The van der Waals surface area contributed by atoms with E-state index in [-0.39, 0.29) is 0 Å². The van der Waals surface area contributed by atoms with E-state index in [4.69, 9.17) is 10.7 Å². The monoisotopic (exact) mass is 207 g/mol. The SMILES string of the molecule is CC(C)n1cc(CCCN)nc1C1CC1. The molecule has 1 aliphatic carbocycles. The number of aryl methyl sites for hydroxylation is 1. The highest BCUT2D eigenvalue weighted by molar-refractivity contribution is 5.14. The third kappa shape index (κ3) is 2.40. The predicted molar refractivity (Wildman–Crippen MR) is 62.0 cm³/mol. The zero-order valence-electron chi connectivity index (χ0n) is 9.74. The van der Waals surface area contributed by atoms with Gasteiger partial charge in [0.15, 0.2) is 0 Å². The van der Waals surface area contributed by atoms with Crippen LogP contribution in [0.4, 0.5) is 0 Å². The summed E-state index contributed by atoms with van der Waals surface area (Å²) >= 11 is 0. The number of imidazole rings is 1. The molecule has 0 amide bonds. The van der Waals surface area contributed by atoms with Crippen molar-refractivity contribution in [1.82, 2.24) is 9.55 Å². The van der Waals surface area contributed by atoms with Crippen LogP contribution in [-0.2, 0) is 6.42 Å². The molecule has 0 spiro atoms. The van der Waals surface area contributed by atoms with Gasteiger partial charge in [0.05, 0.1) is 5.69 Å². The van der Waals surface area contributed by atoms with Crippen LogP contribution in [0, 0.1) is 0 Å². The van der Waals surface area contributed by atoms with Gasteiger partial charge in [-0.05, 0) is 46.1 Å². The minimum absolute atomic E-state index is 0.528. The molecule has 3 nitrogen and oxygen atoms in total. The highest BCUT2D eigenvalue weighted by Crippen LogP contribution is 2.40. The molecule has 2 rings (SSSR count). The molecule has 1 aromatic heterocycles. The summed E-state index contributed by atoms with van der Waals surface area (Å²) in [6.07, 6.45) is 6.92. The van der Waals surface area contributed by atoms with E-state index in [9.17, 15) is 0 Å². The fraction of sp³-hybridized carbons (Fsp3) is 0.750. The second kappa shape index (κ2) is 4.35. The van der Waals surface area contributed by atoms with Crippen molar-refractivity contribution in [3.05, 3.63) is 17.7 Å². The van der Waals surface area contributed by atoms with Crippen molar-refractivity contribution in [3.63, 3.8) is 0 Å². The Morgan fingerprint density at radius 3 is 2.80 bits per heavy atom. The summed E-state index contributed by atoms with van der Waals surface area (Å²) in [6, 6.07) is 0.528. The van der Waals surface area contributed by atoms with Crippen molar-refractivity contribution in [2.24, 2.45) is 5.73 Å².